The lowest BCUT2D eigenvalue weighted by molar-refractivity contribution is 0.388. The maximum atomic E-state index is 4.90. The molecule has 0 radical (unpaired) electrons. The fraction of sp³-hybridized carbons (Fsp3) is 0.333. The van der Waals surface area contributed by atoms with Crippen LogP contribution in [0, 0.1) is 6.92 Å². The minimum absolute atomic E-state index is 0.568. The molecule has 0 spiro atoms. The van der Waals surface area contributed by atoms with Crippen LogP contribution < -0.4 is 10.2 Å². The molecule has 0 aliphatic carbocycles. The van der Waals surface area contributed by atoms with Crippen LogP contribution >= 0.6 is 0 Å². The third-order valence-corrected chi connectivity index (χ3v) is 2.40. The Morgan fingerprint density at radius 3 is 2.47 bits per heavy atom. The molecule has 0 saturated carbocycles. The normalized spacial score (nSPS) is 10.3. The van der Waals surface area contributed by atoms with Gasteiger partial charge in [-0.15, -0.1) is 0 Å². The summed E-state index contributed by atoms with van der Waals surface area (Å²) in [6.45, 7) is 2.35. The molecule has 0 fully saturated rings. The molecule has 0 unspecified atom stereocenters. The lowest BCUT2D eigenvalue weighted by atomic mass is 10.2. The van der Waals surface area contributed by atoms with Gasteiger partial charge in [0.05, 0.1) is 6.54 Å². The van der Waals surface area contributed by atoms with Crippen LogP contribution in [0.5, 0.6) is 0 Å². The molecule has 17 heavy (non-hydrogen) atoms. The molecular weight excluding hydrogens is 216 g/mol. The average Bonchev–Trinajstić information content (AvgIpc) is 2.73. The predicted molar refractivity (Wildman–Crippen MR) is 67.1 cm³/mol. The Kier molecular flexibility index (Phi) is 3.27. The maximum Gasteiger partial charge on any atom is 0.223 e. The number of nitrogens with zero attached hydrogens (tertiary/aromatic N) is 3. The molecule has 1 aromatic carbocycles. The van der Waals surface area contributed by atoms with Gasteiger partial charge in [-0.2, -0.15) is 4.98 Å². The first-order chi connectivity index (χ1) is 8.15. The van der Waals surface area contributed by atoms with E-state index in [1.54, 1.807) is 6.92 Å². The lowest BCUT2D eigenvalue weighted by Crippen LogP contribution is -2.08. The highest BCUT2D eigenvalue weighted by Gasteiger charge is 2.01. The molecule has 1 heterocycles. The first-order valence-electron chi connectivity index (χ1n) is 5.45. The first kappa shape index (κ1) is 11.4. The zero-order valence-corrected chi connectivity index (χ0v) is 10.3. The summed E-state index contributed by atoms with van der Waals surface area (Å²) in [6.07, 6.45) is 0. The minimum atomic E-state index is 0.568. The minimum Gasteiger partial charge on any atom is -0.378 e. The Morgan fingerprint density at radius 1 is 1.24 bits per heavy atom. The molecule has 2 rings (SSSR count). The van der Waals surface area contributed by atoms with Crippen molar-refractivity contribution in [1.82, 2.24) is 10.1 Å². The van der Waals surface area contributed by atoms with E-state index in [-0.39, 0.29) is 0 Å². The fourth-order valence-corrected chi connectivity index (χ4v) is 1.47. The summed E-state index contributed by atoms with van der Waals surface area (Å²) < 4.78 is 4.90. The third kappa shape index (κ3) is 2.96. The molecule has 0 aliphatic rings. The van der Waals surface area contributed by atoms with E-state index in [1.165, 1.54) is 5.69 Å². The first-order valence-corrected chi connectivity index (χ1v) is 5.45. The Morgan fingerprint density at radius 2 is 1.94 bits per heavy atom. The van der Waals surface area contributed by atoms with Gasteiger partial charge in [0.15, 0.2) is 5.82 Å². The average molecular weight is 232 g/mol. The van der Waals surface area contributed by atoms with E-state index in [9.17, 15) is 0 Å². The molecule has 2 aromatic rings. The monoisotopic (exact) mass is 232 g/mol. The van der Waals surface area contributed by atoms with Crippen LogP contribution in [0.25, 0.3) is 0 Å². The number of hydrogen-bond donors (Lipinski definition) is 1. The van der Waals surface area contributed by atoms with Gasteiger partial charge in [-0.25, -0.2) is 0 Å². The highest BCUT2D eigenvalue weighted by atomic mass is 16.5. The van der Waals surface area contributed by atoms with Gasteiger partial charge in [0, 0.05) is 32.4 Å². The van der Waals surface area contributed by atoms with Crippen LogP contribution in [0.15, 0.2) is 28.8 Å². The highest BCUT2D eigenvalue weighted by molar-refractivity contribution is 5.54. The van der Waals surface area contributed by atoms with E-state index in [0.717, 1.165) is 5.69 Å². The van der Waals surface area contributed by atoms with E-state index >= 15 is 0 Å². The summed E-state index contributed by atoms with van der Waals surface area (Å²) in [5.74, 6) is 1.25. The molecule has 5 heteroatoms. The maximum absolute atomic E-state index is 4.90. The summed E-state index contributed by atoms with van der Waals surface area (Å²) in [5, 5.41) is 7.06. The number of hydrogen-bond acceptors (Lipinski definition) is 5. The zero-order valence-electron chi connectivity index (χ0n) is 10.3. The molecule has 0 atom stereocenters. The van der Waals surface area contributed by atoms with Crippen LogP contribution in [-0.4, -0.2) is 24.2 Å². The summed E-state index contributed by atoms with van der Waals surface area (Å²) in [5.41, 5.74) is 2.21. The van der Waals surface area contributed by atoms with Gasteiger partial charge in [0.2, 0.25) is 5.89 Å². The van der Waals surface area contributed by atoms with Crippen LogP contribution in [0.1, 0.15) is 11.7 Å². The lowest BCUT2D eigenvalue weighted by Gasteiger charge is -2.12. The van der Waals surface area contributed by atoms with Gasteiger partial charge in [0.25, 0.3) is 0 Å². The van der Waals surface area contributed by atoms with Gasteiger partial charge < -0.3 is 14.7 Å². The third-order valence-electron chi connectivity index (χ3n) is 2.40. The molecule has 5 nitrogen and oxygen atoms in total. The number of nitrogens with one attached hydrogen (secondary N) is 1. The summed E-state index contributed by atoms with van der Waals surface area (Å²) in [4.78, 5) is 6.18. The molecule has 0 saturated heterocycles. The largest absolute Gasteiger partial charge is 0.378 e. The number of anilines is 2. The van der Waals surface area contributed by atoms with E-state index in [4.69, 9.17) is 4.52 Å². The molecule has 0 bridgehead atoms. The van der Waals surface area contributed by atoms with Crippen LogP contribution in [0.3, 0.4) is 0 Å². The van der Waals surface area contributed by atoms with Crippen molar-refractivity contribution < 1.29 is 4.52 Å². The Hall–Kier alpha value is -2.04. The van der Waals surface area contributed by atoms with Crippen molar-refractivity contribution in [1.29, 1.82) is 0 Å². The topological polar surface area (TPSA) is 54.2 Å². The summed E-state index contributed by atoms with van der Waals surface area (Å²) in [7, 11) is 4.04. The van der Waals surface area contributed by atoms with E-state index in [2.05, 4.69) is 32.5 Å². The fourth-order valence-electron chi connectivity index (χ4n) is 1.47. The van der Waals surface area contributed by atoms with Gasteiger partial charge in [-0.1, -0.05) is 5.16 Å². The van der Waals surface area contributed by atoms with E-state index in [0.29, 0.717) is 18.3 Å². The van der Waals surface area contributed by atoms with Crippen LogP contribution in [0.2, 0.25) is 0 Å². The second-order valence-corrected chi connectivity index (χ2v) is 4.02. The van der Waals surface area contributed by atoms with Crippen molar-refractivity contribution in [3.8, 4) is 0 Å². The molecule has 0 amide bonds. The van der Waals surface area contributed by atoms with Gasteiger partial charge >= 0.3 is 0 Å². The van der Waals surface area contributed by atoms with Crippen molar-refractivity contribution in [2.75, 3.05) is 24.3 Å². The van der Waals surface area contributed by atoms with Crippen molar-refractivity contribution in [3.05, 3.63) is 36.0 Å². The van der Waals surface area contributed by atoms with Crippen LogP contribution in [-0.2, 0) is 6.54 Å². The number of rotatable bonds is 4. The Labute approximate surface area is 100 Å². The van der Waals surface area contributed by atoms with Crippen molar-refractivity contribution in [2.24, 2.45) is 0 Å². The second kappa shape index (κ2) is 4.86. The molecule has 90 valence electrons. The SMILES string of the molecule is Cc1nc(CNc2ccc(N(C)C)cc2)no1. The number of benzene rings is 1. The summed E-state index contributed by atoms with van der Waals surface area (Å²) in [6, 6.07) is 8.18. The summed E-state index contributed by atoms with van der Waals surface area (Å²) >= 11 is 0. The van der Waals surface area contributed by atoms with Gasteiger partial charge in [-0.3, -0.25) is 0 Å². The van der Waals surface area contributed by atoms with Crippen molar-refractivity contribution in [2.45, 2.75) is 13.5 Å². The number of aryl methyl sites for hydroxylation is 1. The van der Waals surface area contributed by atoms with Crippen LogP contribution in [0.4, 0.5) is 11.4 Å². The Bertz CT molecular complexity index is 476. The van der Waals surface area contributed by atoms with E-state index in [1.807, 2.05) is 26.2 Å². The predicted octanol–water partition coefficient (Wildman–Crippen LogP) is 2.06. The second-order valence-electron chi connectivity index (χ2n) is 4.02. The number of aromatic nitrogens is 2. The Balaban J connectivity index is 1.95. The quantitative estimate of drug-likeness (QED) is 0.874. The standard InChI is InChI=1S/C12H16N4O/c1-9-14-12(15-17-9)8-13-10-4-6-11(7-5-10)16(2)3/h4-7,13H,8H2,1-3H3. The zero-order chi connectivity index (χ0) is 12.3. The van der Waals surface area contributed by atoms with Crippen molar-refractivity contribution in [3.63, 3.8) is 0 Å². The molecular formula is C12H16N4O. The van der Waals surface area contributed by atoms with Gasteiger partial charge in [-0.05, 0) is 24.3 Å². The van der Waals surface area contributed by atoms with Gasteiger partial charge in [0.1, 0.15) is 0 Å². The van der Waals surface area contributed by atoms with Crippen molar-refractivity contribution >= 4 is 11.4 Å². The molecule has 0 aliphatic heterocycles. The smallest absolute Gasteiger partial charge is 0.223 e. The molecule has 1 N–H and O–H groups in total. The molecule has 1 aromatic heterocycles. The highest BCUT2D eigenvalue weighted by Crippen LogP contribution is 2.15. The van der Waals surface area contributed by atoms with E-state index < -0.39 is 0 Å².